The molecule has 9 heteroatoms. The molecule has 28 heavy (non-hydrogen) atoms. The Kier molecular flexibility index (Phi) is 6.58. The molecule has 1 N–H and O–H groups in total. The molecule has 1 saturated heterocycles. The number of alkyl halides is 3. The lowest BCUT2D eigenvalue weighted by atomic mass is 10.1. The summed E-state index contributed by atoms with van der Waals surface area (Å²) in [7, 11) is 0. The van der Waals surface area contributed by atoms with E-state index in [1.807, 2.05) is 4.90 Å². The van der Waals surface area contributed by atoms with Crippen LogP contribution < -0.4 is 10.1 Å². The summed E-state index contributed by atoms with van der Waals surface area (Å²) >= 11 is 3.31. The second kappa shape index (κ2) is 8.93. The molecule has 2 aromatic rings. The monoisotopic (exact) mass is 458 g/mol. The molecule has 0 bridgehead atoms. The van der Waals surface area contributed by atoms with Crippen molar-refractivity contribution in [2.45, 2.75) is 6.18 Å². The van der Waals surface area contributed by atoms with E-state index in [4.69, 9.17) is 9.47 Å². The second-order valence-electron chi connectivity index (χ2n) is 6.20. The molecule has 1 heterocycles. The summed E-state index contributed by atoms with van der Waals surface area (Å²) in [5.41, 5.74) is -0.895. The zero-order chi connectivity index (χ0) is 20.1. The Morgan fingerprint density at radius 3 is 2.46 bits per heavy atom. The summed E-state index contributed by atoms with van der Waals surface area (Å²) < 4.78 is 51.1. The fraction of sp³-hybridized carbons (Fsp3) is 0.316. The highest BCUT2D eigenvalue weighted by Crippen LogP contribution is 2.37. The van der Waals surface area contributed by atoms with E-state index >= 15 is 0 Å². The number of carbonyl (C=O) groups excluding carboxylic acids is 1. The molecule has 0 unspecified atom stereocenters. The number of anilines is 1. The van der Waals surface area contributed by atoms with Crippen LogP contribution in [-0.4, -0.2) is 43.7 Å². The minimum Gasteiger partial charge on any atom is -0.455 e. The first-order valence-electron chi connectivity index (χ1n) is 8.56. The van der Waals surface area contributed by atoms with Crippen LogP contribution in [0.2, 0.25) is 0 Å². The number of hydrogen-bond donors (Lipinski definition) is 1. The number of nitrogens with zero attached hydrogens (tertiary/aromatic N) is 1. The first-order chi connectivity index (χ1) is 13.3. The number of amides is 1. The van der Waals surface area contributed by atoms with Crippen molar-refractivity contribution >= 4 is 27.5 Å². The van der Waals surface area contributed by atoms with Crippen molar-refractivity contribution in [3.63, 3.8) is 0 Å². The van der Waals surface area contributed by atoms with E-state index in [0.29, 0.717) is 32.1 Å². The van der Waals surface area contributed by atoms with Crippen LogP contribution in [0, 0.1) is 0 Å². The van der Waals surface area contributed by atoms with Gasteiger partial charge in [-0.25, -0.2) is 0 Å². The zero-order valence-corrected chi connectivity index (χ0v) is 16.3. The Morgan fingerprint density at radius 1 is 1.14 bits per heavy atom. The van der Waals surface area contributed by atoms with Crippen LogP contribution in [0.1, 0.15) is 5.56 Å². The molecule has 0 aliphatic carbocycles. The summed E-state index contributed by atoms with van der Waals surface area (Å²) in [6, 6.07) is 9.83. The fourth-order valence-corrected chi connectivity index (χ4v) is 2.94. The third-order valence-corrected chi connectivity index (χ3v) is 4.62. The van der Waals surface area contributed by atoms with Crippen LogP contribution in [-0.2, 0) is 15.7 Å². The Bertz CT molecular complexity index is 822. The van der Waals surface area contributed by atoms with Gasteiger partial charge in [0.15, 0.2) is 5.75 Å². The summed E-state index contributed by atoms with van der Waals surface area (Å²) in [6.07, 6.45) is -4.53. The van der Waals surface area contributed by atoms with Crippen LogP contribution in [0.15, 0.2) is 46.9 Å². The van der Waals surface area contributed by atoms with Gasteiger partial charge in [0.25, 0.3) is 0 Å². The summed E-state index contributed by atoms with van der Waals surface area (Å²) in [4.78, 5) is 14.2. The number of morpholine rings is 1. The number of halogens is 4. The zero-order valence-electron chi connectivity index (χ0n) is 14.8. The number of carbonyl (C=O) groups is 1. The van der Waals surface area contributed by atoms with Crippen molar-refractivity contribution in [3.8, 4) is 11.5 Å². The highest BCUT2D eigenvalue weighted by atomic mass is 79.9. The van der Waals surface area contributed by atoms with Crippen LogP contribution in [0.4, 0.5) is 18.9 Å². The highest BCUT2D eigenvalue weighted by molar-refractivity contribution is 9.10. The van der Waals surface area contributed by atoms with E-state index in [-0.39, 0.29) is 18.0 Å². The molecular formula is C19H18BrF3N2O3. The van der Waals surface area contributed by atoms with E-state index < -0.39 is 17.6 Å². The lowest BCUT2D eigenvalue weighted by molar-refractivity contribution is -0.137. The molecule has 0 radical (unpaired) electrons. The topological polar surface area (TPSA) is 50.8 Å². The molecule has 150 valence electrons. The fourth-order valence-electron chi connectivity index (χ4n) is 2.67. The summed E-state index contributed by atoms with van der Waals surface area (Å²) in [6.45, 7) is 2.30. The SMILES string of the molecule is O=C(CN1CCOCC1)Nc1cc(C(F)(F)F)ccc1Oc1ccc(Br)cc1. The molecule has 1 amide bonds. The van der Waals surface area contributed by atoms with E-state index in [1.165, 1.54) is 6.07 Å². The standard InChI is InChI=1S/C19H18BrF3N2O3/c20-14-2-4-15(5-3-14)28-17-6-1-13(19(21,22)23)11-16(17)24-18(26)12-25-7-9-27-10-8-25/h1-6,11H,7-10,12H2,(H,24,26). The smallest absolute Gasteiger partial charge is 0.416 e. The Hall–Kier alpha value is -2.10. The average molecular weight is 459 g/mol. The lowest BCUT2D eigenvalue weighted by Gasteiger charge is -2.26. The largest absolute Gasteiger partial charge is 0.455 e. The van der Waals surface area contributed by atoms with E-state index in [2.05, 4.69) is 21.2 Å². The van der Waals surface area contributed by atoms with Crippen molar-refractivity contribution in [1.29, 1.82) is 0 Å². The molecular weight excluding hydrogens is 441 g/mol. The third kappa shape index (κ3) is 5.70. The Balaban J connectivity index is 1.80. The maximum atomic E-state index is 13.1. The lowest BCUT2D eigenvalue weighted by Crippen LogP contribution is -2.41. The van der Waals surface area contributed by atoms with Gasteiger partial charge in [0, 0.05) is 17.6 Å². The molecule has 1 fully saturated rings. The van der Waals surface area contributed by atoms with Crippen LogP contribution in [0.25, 0.3) is 0 Å². The van der Waals surface area contributed by atoms with Crippen molar-refractivity contribution < 1.29 is 27.4 Å². The summed E-state index contributed by atoms with van der Waals surface area (Å²) in [5.74, 6) is 0.152. The molecule has 1 aliphatic heterocycles. The number of nitrogens with one attached hydrogen (secondary N) is 1. The number of rotatable bonds is 5. The van der Waals surface area contributed by atoms with Gasteiger partial charge in [0.05, 0.1) is 31.0 Å². The van der Waals surface area contributed by atoms with Gasteiger partial charge < -0.3 is 14.8 Å². The van der Waals surface area contributed by atoms with Crippen LogP contribution in [0.5, 0.6) is 11.5 Å². The van der Waals surface area contributed by atoms with Crippen molar-refractivity contribution in [2.24, 2.45) is 0 Å². The van der Waals surface area contributed by atoms with E-state index in [9.17, 15) is 18.0 Å². The van der Waals surface area contributed by atoms with Crippen molar-refractivity contribution in [1.82, 2.24) is 4.90 Å². The highest BCUT2D eigenvalue weighted by Gasteiger charge is 2.31. The minimum atomic E-state index is -4.53. The van der Waals surface area contributed by atoms with Gasteiger partial charge in [-0.05, 0) is 42.5 Å². The predicted octanol–water partition coefficient (Wildman–Crippen LogP) is 4.53. The quantitative estimate of drug-likeness (QED) is 0.714. The summed E-state index contributed by atoms with van der Waals surface area (Å²) in [5, 5.41) is 2.55. The molecule has 2 aromatic carbocycles. The first kappa shape index (κ1) is 20.6. The normalized spacial score (nSPS) is 15.3. The Morgan fingerprint density at radius 2 is 1.82 bits per heavy atom. The van der Waals surface area contributed by atoms with E-state index in [1.54, 1.807) is 24.3 Å². The van der Waals surface area contributed by atoms with E-state index in [0.717, 1.165) is 16.6 Å². The maximum Gasteiger partial charge on any atom is 0.416 e. The average Bonchev–Trinajstić information content (AvgIpc) is 2.65. The molecule has 0 aromatic heterocycles. The van der Waals surface area contributed by atoms with Crippen molar-refractivity contribution in [2.75, 3.05) is 38.2 Å². The first-order valence-corrected chi connectivity index (χ1v) is 9.35. The van der Waals surface area contributed by atoms with Gasteiger partial charge in [-0.15, -0.1) is 0 Å². The molecule has 0 spiro atoms. The van der Waals surface area contributed by atoms with Crippen LogP contribution >= 0.6 is 15.9 Å². The maximum absolute atomic E-state index is 13.1. The molecule has 0 saturated carbocycles. The van der Waals surface area contributed by atoms with Gasteiger partial charge >= 0.3 is 6.18 Å². The van der Waals surface area contributed by atoms with Gasteiger partial charge in [0.1, 0.15) is 5.75 Å². The molecule has 3 rings (SSSR count). The molecule has 1 aliphatic rings. The predicted molar refractivity (Wildman–Crippen MR) is 102 cm³/mol. The van der Waals surface area contributed by atoms with Gasteiger partial charge in [-0.3, -0.25) is 9.69 Å². The van der Waals surface area contributed by atoms with Crippen LogP contribution in [0.3, 0.4) is 0 Å². The second-order valence-corrected chi connectivity index (χ2v) is 7.12. The molecule has 0 atom stereocenters. The number of hydrogen-bond acceptors (Lipinski definition) is 4. The molecule has 5 nitrogen and oxygen atoms in total. The minimum absolute atomic E-state index is 0.0315. The number of ether oxygens (including phenoxy) is 2. The van der Waals surface area contributed by atoms with Gasteiger partial charge in [-0.2, -0.15) is 13.2 Å². The number of benzene rings is 2. The van der Waals surface area contributed by atoms with Gasteiger partial charge in [-0.1, -0.05) is 15.9 Å². The third-order valence-electron chi connectivity index (χ3n) is 4.09. The Labute approximate surface area is 168 Å². The van der Waals surface area contributed by atoms with Crippen molar-refractivity contribution in [3.05, 3.63) is 52.5 Å². The van der Waals surface area contributed by atoms with Gasteiger partial charge in [0.2, 0.25) is 5.91 Å².